The molecule has 1 N–H and O–H groups in total. The molecule has 43 heavy (non-hydrogen) atoms. The van der Waals surface area contributed by atoms with Gasteiger partial charge in [0, 0.05) is 34.9 Å². The molecule has 1 fully saturated rings. The normalized spacial score (nSPS) is 19.5. The lowest BCUT2D eigenvalue weighted by Gasteiger charge is -2.32. The number of hydrogen-bond acceptors (Lipinski definition) is 11. The summed E-state index contributed by atoms with van der Waals surface area (Å²) in [6.07, 6.45) is 1.12. The van der Waals surface area contributed by atoms with Gasteiger partial charge in [-0.25, -0.2) is 19.6 Å². The van der Waals surface area contributed by atoms with Gasteiger partial charge >= 0.3 is 11.9 Å². The topological polar surface area (TPSA) is 134 Å². The molecule has 1 saturated heterocycles. The van der Waals surface area contributed by atoms with E-state index in [0.29, 0.717) is 34.1 Å². The number of aliphatic imine (C=N–C) groups is 2. The number of carbonyl (C=O) groups is 2. The number of amidine groups is 1. The molecule has 0 aromatic heterocycles. The van der Waals surface area contributed by atoms with Crippen molar-refractivity contribution in [2.45, 2.75) is 5.60 Å². The maximum Gasteiger partial charge on any atom is 0.345 e. The lowest BCUT2D eigenvalue weighted by atomic mass is 9.82. The Morgan fingerprint density at radius 2 is 1.37 bits per heavy atom. The predicted octanol–water partition coefficient (Wildman–Crippen LogP) is 4.40. The Morgan fingerprint density at radius 3 is 1.91 bits per heavy atom. The number of benzene rings is 3. The average Bonchev–Trinajstić information content (AvgIpc) is 3.36. The minimum atomic E-state index is -1.91. The summed E-state index contributed by atoms with van der Waals surface area (Å²) in [5.74, 6) is -0.466. The molecule has 11 heteroatoms. The van der Waals surface area contributed by atoms with E-state index >= 15 is 0 Å². The van der Waals surface area contributed by atoms with E-state index in [-0.39, 0.29) is 28.4 Å². The highest BCUT2D eigenvalue weighted by atomic mass is 16.6. The Balaban J connectivity index is 1.88. The molecule has 3 aromatic rings. The molecule has 2 heterocycles. The van der Waals surface area contributed by atoms with Gasteiger partial charge in [-0.15, -0.1) is 0 Å². The number of aliphatic hydroxyl groups is 1. The zero-order valence-electron chi connectivity index (χ0n) is 24.0. The zero-order valence-corrected chi connectivity index (χ0v) is 24.0. The number of nitrogens with zero attached hydrogens (tertiary/aromatic N) is 2. The van der Waals surface area contributed by atoms with Gasteiger partial charge in [-0.3, -0.25) is 0 Å². The second kappa shape index (κ2) is 11.7. The van der Waals surface area contributed by atoms with Gasteiger partial charge in [0.15, 0.2) is 5.84 Å². The standard InChI is InChI=1S/C32H28N2O9/c1-38-21-11-19(12-22(15-21)39-2)28(36)27-29-32(43-31(27)37,20-13-23(40-3)16-24(14-20)41-4)25(17-26(35)42-5)33-30(34-29)18-9-7-6-8-10-18/h6-17,36H,1-5H3/b25-17-,28-27-. The number of ether oxygens (including phenoxy) is 6. The molecule has 1 unspecified atom stereocenters. The van der Waals surface area contributed by atoms with E-state index in [9.17, 15) is 14.7 Å². The summed E-state index contributed by atoms with van der Waals surface area (Å²) in [6, 6.07) is 18.5. The van der Waals surface area contributed by atoms with Gasteiger partial charge in [-0.2, -0.15) is 0 Å². The number of methoxy groups -OCH3 is 5. The first-order valence-electron chi connectivity index (χ1n) is 12.9. The number of hydrogen-bond donors (Lipinski definition) is 1. The zero-order chi connectivity index (χ0) is 30.7. The molecule has 0 amide bonds. The maximum absolute atomic E-state index is 13.9. The number of fused-ring (bicyclic) bond motifs is 1. The highest BCUT2D eigenvalue weighted by molar-refractivity contribution is 6.35. The average molecular weight is 585 g/mol. The SMILES string of the molecule is COC(=O)/C=C1\N=C(c2ccccc2)N=C2/C(=C(/O)c3cc(OC)cc(OC)c3)C(=O)OC21c1cc(OC)cc(OC)c1. The van der Waals surface area contributed by atoms with Crippen LogP contribution in [0.25, 0.3) is 5.76 Å². The lowest BCUT2D eigenvalue weighted by molar-refractivity contribution is -0.143. The maximum atomic E-state index is 13.9. The summed E-state index contributed by atoms with van der Waals surface area (Å²) in [6.45, 7) is 0. The third-order valence-corrected chi connectivity index (χ3v) is 6.93. The summed E-state index contributed by atoms with van der Waals surface area (Å²) in [5, 5.41) is 11.7. The third-order valence-electron chi connectivity index (χ3n) is 6.93. The molecule has 2 aliphatic heterocycles. The van der Waals surface area contributed by atoms with Crippen molar-refractivity contribution in [2.24, 2.45) is 9.98 Å². The van der Waals surface area contributed by atoms with Crippen LogP contribution in [0, 0.1) is 0 Å². The highest BCUT2D eigenvalue weighted by Gasteiger charge is 2.58. The molecule has 5 rings (SSSR count). The Hall–Kier alpha value is -5.58. The van der Waals surface area contributed by atoms with Gasteiger partial charge in [0.2, 0.25) is 5.60 Å². The molecule has 3 aromatic carbocycles. The van der Waals surface area contributed by atoms with Crippen LogP contribution in [-0.4, -0.2) is 64.1 Å². The molecule has 0 aliphatic carbocycles. The summed E-state index contributed by atoms with van der Waals surface area (Å²) >= 11 is 0. The Bertz CT molecular complexity index is 1680. The third kappa shape index (κ3) is 5.16. The fourth-order valence-electron chi connectivity index (χ4n) is 4.82. The second-order valence-electron chi connectivity index (χ2n) is 9.31. The van der Waals surface area contributed by atoms with Crippen molar-refractivity contribution in [3.8, 4) is 23.0 Å². The highest BCUT2D eigenvalue weighted by Crippen LogP contribution is 2.49. The second-order valence-corrected chi connectivity index (χ2v) is 9.31. The van der Waals surface area contributed by atoms with Gasteiger partial charge in [0.05, 0.1) is 35.5 Å². The van der Waals surface area contributed by atoms with Crippen LogP contribution in [0.1, 0.15) is 16.7 Å². The smallest absolute Gasteiger partial charge is 0.345 e. The monoisotopic (exact) mass is 584 g/mol. The molecule has 0 radical (unpaired) electrons. The Morgan fingerprint density at radius 1 is 0.814 bits per heavy atom. The molecule has 0 spiro atoms. The summed E-state index contributed by atoms with van der Waals surface area (Å²) in [7, 11) is 7.08. The molecule has 1 atom stereocenters. The van der Waals surface area contributed by atoms with E-state index in [2.05, 4.69) is 4.99 Å². The molecule has 2 aliphatic rings. The van der Waals surface area contributed by atoms with Crippen LogP contribution >= 0.6 is 0 Å². The minimum Gasteiger partial charge on any atom is -0.506 e. The van der Waals surface area contributed by atoms with Crippen LogP contribution in [0.5, 0.6) is 23.0 Å². The van der Waals surface area contributed by atoms with Crippen molar-refractivity contribution >= 4 is 29.2 Å². The quantitative estimate of drug-likeness (QED) is 0.232. The van der Waals surface area contributed by atoms with Crippen molar-refractivity contribution < 1.29 is 43.1 Å². The molecular weight excluding hydrogens is 556 g/mol. The predicted molar refractivity (Wildman–Crippen MR) is 157 cm³/mol. The van der Waals surface area contributed by atoms with Crippen LogP contribution in [-0.2, 0) is 24.7 Å². The van der Waals surface area contributed by atoms with E-state index < -0.39 is 23.3 Å². The molecule has 11 nitrogen and oxygen atoms in total. The molecule has 0 bridgehead atoms. The van der Waals surface area contributed by atoms with Crippen molar-refractivity contribution in [1.29, 1.82) is 0 Å². The molecular formula is C32H28N2O9. The number of esters is 2. The van der Waals surface area contributed by atoms with Crippen molar-refractivity contribution in [1.82, 2.24) is 0 Å². The van der Waals surface area contributed by atoms with Gasteiger partial charge < -0.3 is 33.5 Å². The Labute approximate surface area is 247 Å². The van der Waals surface area contributed by atoms with Crippen LogP contribution in [0.3, 0.4) is 0 Å². The van der Waals surface area contributed by atoms with E-state index in [1.54, 1.807) is 48.5 Å². The first-order valence-corrected chi connectivity index (χ1v) is 12.9. The van der Waals surface area contributed by atoms with E-state index in [1.165, 1.54) is 47.7 Å². The largest absolute Gasteiger partial charge is 0.506 e. The van der Waals surface area contributed by atoms with Gasteiger partial charge in [-0.1, -0.05) is 30.3 Å². The first kappa shape index (κ1) is 28.9. The van der Waals surface area contributed by atoms with Crippen molar-refractivity contribution in [3.05, 3.63) is 101 Å². The molecule has 0 saturated carbocycles. The number of rotatable bonds is 8. The van der Waals surface area contributed by atoms with Crippen molar-refractivity contribution in [2.75, 3.05) is 35.5 Å². The minimum absolute atomic E-state index is 0.0159. The van der Waals surface area contributed by atoms with Gasteiger partial charge in [0.1, 0.15) is 45.7 Å². The van der Waals surface area contributed by atoms with E-state index in [0.717, 1.165) is 6.08 Å². The lowest BCUT2D eigenvalue weighted by Crippen LogP contribution is -2.39. The first-order chi connectivity index (χ1) is 20.8. The van der Waals surface area contributed by atoms with Crippen LogP contribution in [0.4, 0.5) is 0 Å². The summed E-state index contributed by atoms with van der Waals surface area (Å²) < 4.78 is 32.7. The van der Waals surface area contributed by atoms with E-state index in [4.69, 9.17) is 33.4 Å². The number of carbonyl (C=O) groups excluding carboxylic acids is 2. The molecule has 220 valence electrons. The van der Waals surface area contributed by atoms with Crippen LogP contribution in [0.15, 0.2) is 94.1 Å². The number of aliphatic hydroxyl groups excluding tert-OH is 1. The van der Waals surface area contributed by atoms with E-state index in [1.807, 2.05) is 6.07 Å². The fraction of sp³-hybridized carbons (Fsp3) is 0.188. The van der Waals surface area contributed by atoms with Gasteiger partial charge in [-0.05, 0) is 24.3 Å². The Kier molecular flexibility index (Phi) is 7.89. The van der Waals surface area contributed by atoms with Crippen LogP contribution in [0.2, 0.25) is 0 Å². The summed E-state index contributed by atoms with van der Waals surface area (Å²) in [5.41, 5.74) is -1.11. The summed E-state index contributed by atoms with van der Waals surface area (Å²) in [4.78, 5) is 36.0. The van der Waals surface area contributed by atoms with Crippen molar-refractivity contribution in [3.63, 3.8) is 0 Å². The van der Waals surface area contributed by atoms with Crippen LogP contribution < -0.4 is 18.9 Å². The van der Waals surface area contributed by atoms with Gasteiger partial charge in [0.25, 0.3) is 0 Å². The fourth-order valence-corrected chi connectivity index (χ4v) is 4.82.